The first kappa shape index (κ1) is 18.4. The monoisotopic (exact) mass is 366 g/mol. The summed E-state index contributed by atoms with van der Waals surface area (Å²) in [5.74, 6) is -0.386. The fourth-order valence-corrected chi connectivity index (χ4v) is 3.25. The number of hydrogen-bond acceptors (Lipinski definition) is 3. The molecule has 0 saturated heterocycles. The second-order valence-electron chi connectivity index (χ2n) is 5.24. The van der Waals surface area contributed by atoms with Gasteiger partial charge in [-0.2, -0.15) is 0 Å². The molecule has 7 heteroatoms. The Morgan fingerprint density at radius 2 is 1.83 bits per heavy atom. The highest BCUT2D eigenvalue weighted by molar-refractivity contribution is 7.89. The first-order valence-corrected chi connectivity index (χ1v) is 9.45. The molecule has 0 spiro atoms. The summed E-state index contributed by atoms with van der Waals surface area (Å²) in [4.78, 5) is 12.4. The molecule has 0 aliphatic rings. The number of amides is 1. The number of rotatable bonds is 7. The molecule has 0 saturated carbocycles. The van der Waals surface area contributed by atoms with Gasteiger partial charge in [-0.3, -0.25) is 4.79 Å². The molecule has 0 radical (unpaired) electrons. The Morgan fingerprint density at radius 1 is 1.12 bits per heavy atom. The molecule has 0 aliphatic heterocycles. The van der Waals surface area contributed by atoms with Crippen molar-refractivity contribution in [3.63, 3.8) is 0 Å². The lowest BCUT2D eigenvalue weighted by Gasteiger charge is -2.09. The van der Waals surface area contributed by atoms with Crippen LogP contribution in [-0.2, 0) is 10.0 Å². The van der Waals surface area contributed by atoms with Crippen LogP contribution in [-0.4, -0.2) is 20.9 Å². The summed E-state index contributed by atoms with van der Waals surface area (Å²) in [6, 6.07) is 12.6. The van der Waals surface area contributed by atoms with Crippen molar-refractivity contribution in [2.45, 2.75) is 24.7 Å². The largest absolute Gasteiger partial charge is 0.322 e. The van der Waals surface area contributed by atoms with Crippen molar-refractivity contribution in [2.75, 3.05) is 11.9 Å². The fourth-order valence-electron chi connectivity index (χ4n) is 2.01. The smallest absolute Gasteiger partial charge is 0.255 e. The zero-order valence-corrected chi connectivity index (χ0v) is 14.8. The minimum atomic E-state index is -3.61. The Labute approximate surface area is 147 Å². The molecule has 24 heavy (non-hydrogen) atoms. The zero-order chi connectivity index (χ0) is 17.6. The lowest BCUT2D eigenvalue weighted by Crippen LogP contribution is -2.25. The van der Waals surface area contributed by atoms with Gasteiger partial charge in [0.2, 0.25) is 10.0 Å². The predicted octanol–water partition coefficient (Wildman–Crippen LogP) is 3.67. The van der Waals surface area contributed by atoms with Crippen molar-refractivity contribution in [3.05, 3.63) is 59.1 Å². The van der Waals surface area contributed by atoms with E-state index in [0.29, 0.717) is 17.3 Å². The van der Waals surface area contributed by atoms with Crippen molar-refractivity contribution >= 4 is 33.2 Å². The average Bonchev–Trinajstić information content (AvgIpc) is 2.57. The molecule has 2 N–H and O–H groups in total. The summed E-state index contributed by atoms with van der Waals surface area (Å²) in [6.07, 6.45) is 1.65. The van der Waals surface area contributed by atoms with Crippen LogP contribution in [0.15, 0.2) is 53.4 Å². The quantitative estimate of drug-likeness (QED) is 0.734. The highest BCUT2D eigenvalue weighted by Crippen LogP contribution is 2.16. The second-order valence-corrected chi connectivity index (χ2v) is 7.44. The third kappa shape index (κ3) is 5.06. The Morgan fingerprint density at radius 3 is 2.50 bits per heavy atom. The van der Waals surface area contributed by atoms with Crippen molar-refractivity contribution < 1.29 is 13.2 Å². The van der Waals surface area contributed by atoms with E-state index >= 15 is 0 Å². The maximum Gasteiger partial charge on any atom is 0.255 e. The van der Waals surface area contributed by atoms with Gasteiger partial charge in [0.05, 0.1) is 4.90 Å². The summed E-state index contributed by atoms with van der Waals surface area (Å²) in [6.45, 7) is 2.36. The van der Waals surface area contributed by atoms with E-state index in [4.69, 9.17) is 11.6 Å². The normalized spacial score (nSPS) is 11.2. The van der Waals surface area contributed by atoms with Crippen LogP contribution in [0.25, 0.3) is 0 Å². The fraction of sp³-hybridized carbons (Fsp3) is 0.235. The van der Waals surface area contributed by atoms with Gasteiger partial charge < -0.3 is 5.32 Å². The lowest BCUT2D eigenvalue weighted by atomic mass is 10.2. The molecule has 0 bridgehead atoms. The number of benzene rings is 2. The minimum absolute atomic E-state index is 0.0716. The molecule has 2 aromatic carbocycles. The minimum Gasteiger partial charge on any atom is -0.322 e. The molecule has 2 aromatic rings. The summed E-state index contributed by atoms with van der Waals surface area (Å²) < 4.78 is 27.0. The standard InChI is InChI=1S/C17H19ClN2O3S/c1-2-3-11-19-24(22,23)16-6-4-5-13(12-16)17(21)20-15-9-7-14(18)8-10-15/h4-10,12,19H,2-3,11H2,1H3,(H,20,21). The maximum atomic E-state index is 12.3. The number of sulfonamides is 1. The Balaban J connectivity index is 2.14. The third-order valence-electron chi connectivity index (χ3n) is 3.33. The Hall–Kier alpha value is -1.89. The number of unbranched alkanes of at least 4 members (excludes halogenated alkanes) is 1. The second kappa shape index (κ2) is 8.28. The first-order valence-electron chi connectivity index (χ1n) is 7.59. The van der Waals surface area contributed by atoms with Crippen molar-refractivity contribution in [2.24, 2.45) is 0 Å². The highest BCUT2D eigenvalue weighted by Gasteiger charge is 2.15. The number of carbonyl (C=O) groups excluding carboxylic acids is 1. The van der Waals surface area contributed by atoms with Crippen molar-refractivity contribution in [1.82, 2.24) is 4.72 Å². The molecule has 1 amide bonds. The molecular formula is C17H19ClN2O3S. The molecule has 128 valence electrons. The van der Waals surface area contributed by atoms with Crippen LogP contribution in [0.3, 0.4) is 0 Å². The number of carbonyl (C=O) groups is 1. The number of nitrogens with one attached hydrogen (secondary N) is 2. The molecule has 0 fully saturated rings. The third-order valence-corrected chi connectivity index (χ3v) is 5.04. The topological polar surface area (TPSA) is 75.3 Å². The Bertz CT molecular complexity index is 805. The van der Waals surface area contributed by atoms with Crippen LogP contribution < -0.4 is 10.0 Å². The van der Waals surface area contributed by atoms with Gasteiger partial charge in [-0.1, -0.05) is 31.0 Å². The lowest BCUT2D eigenvalue weighted by molar-refractivity contribution is 0.102. The van der Waals surface area contributed by atoms with E-state index < -0.39 is 10.0 Å². The van der Waals surface area contributed by atoms with E-state index in [0.717, 1.165) is 12.8 Å². The average molecular weight is 367 g/mol. The van der Waals surface area contributed by atoms with Crippen LogP contribution in [0.4, 0.5) is 5.69 Å². The van der Waals surface area contributed by atoms with Crippen molar-refractivity contribution in [3.8, 4) is 0 Å². The van der Waals surface area contributed by atoms with Gasteiger partial charge in [0.25, 0.3) is 5.91 Å². The van der Waals surface area contributed by atoms with Gasteiger partial charge >= 0.3 is 0 Å². The number of halogens is 1. The zero-order valence-electron chi connectivity index (χ0n) is 13.3. The van der Waals surface area contributed by atoms with E-state index in [1.807, 2.05) is 6.92 Å². The molecule has 5 nitrogen and oxygen atoms in total. The van der Waals surface area contributed by atoms with Crippen LogP contribution in [0.5, 0.6) is 0 Å². The SMILES string of the molecule is CCCCNS(=O)(=O)c1cccc(C(=O)Nc2ccc(Cl)cc2)c1. The van der Waals surface area contributed by atoms with Gasteiger partial charge in [0, 0.05) is 22.8 Å². The van der Waals surface area contributed by atoms with Gasteiger partial charge in [0.1, 0.15) is 0 Å². The van der Waals surface area contributed by atoms with E-state index in [-0.39, 0.29) is 16.4 Å². The molecule has 0 aliphatic carbocycles. The predicted molar refractivity (Wildman–Crippen MR) is 95.9 cm³/mol. The summed E-state index contributed by atoms with van der Waals surface area (Å²) in [5, 5.41) is 3.27. The molecule has 0 unspecified atom stereocenters. The van der Waals surface area contributed by atoms with Crippen LogP contribution >= 0.6 is 11.6 Å². The van der Waals surface area contributed by atoms with E-state index in [1.165, 1.54) is 12.1 Å². The summed E-state index contributed by atoms with van der Waals surface area (Å²) in [7, 11) is -3.61. The van der Waals surface area contributed by atoms with Gasteiger partial charge in [-0.15, -0.1) is 0 Å². The van der Waals surface area contributed by atoms with E-state index in [1.54, 1.807) is 36.4 Å². The molecule has 2 rings (SSSR count). The van der Waals surface area contributed by atoms with Gasteiger partial charge in [-0.25, -0.2) is 13.1 Å². The number of hydrogen-bond donors (Lipinski definition) is 2. The van der Waals surface area contributed by atoms with Crippen LogP contribution in [0.2, 0.25) is 5.02 Å². The highest BCUT2D eigenvalue weighted by atomic mass is 35.5. The molecular weight excluding hydrogens is 348 g/mol. The summed E-state index contributed by atoms with van der Waals surface area (Å²) >= 11 is 5.80. The van der Waals surface area contributed by atoms with Crippen molar-refractivity contribution in [1.29, 1.82) is 0 Å². The Kier molecular flexibility index (Phi) is 6.36. The number of anilines is 1. The van der Waals surface area contributed by atoms with E-state index in [2.05, 4.69) is 10.0 Å². The summed E-state index contributed by atoms with van der Waals surface area (Å²) in [5.41, 5.74) is 0.849. The van der Waals surface area contributed by atoms with Gasteiger partial charge in [0.15, 0.2) is 0 Å². The van der Waals surface area contributed by atoms with E-state index in [9.17, 15) is 13.2 Å². The molecule has 0 heterocycles. The maximum absolute atomic E-state index is 12.3. The molecule has 0 aromatic heterocycles. The van der Waals surface area contributed by atoms with Crippen LogP contribution in [0, 0.1) is 0 Å². The van der Waals surface area contributed by atoms with Gasteiger partial charge in [-0.05, 0) is 48.9 Å². The first-order chi connectivity index (χ1) is 11.4. The van der Waals surface area contributed by atoms with Crippen LogP contribution in [0.1, 0.15) is 30.1 Å². The molecule has 0 atom stereocenters.